The molecule has 2 N–H and O–H groups in total. The Hall–Kier alpha value is -2.89. The van der Waals surface area contributed by atoms with Crippen molar-refractivity contribution in [1.29, 1.82) is 0 Å². The highest BCUT2D eigenvalue weighted by atomic mass is 16.7. The van der Waals surface area contributed by atoms with Gasteiger partial charge in [0.2, 0.25) is 6.79 Å². The zero-order valence-corrected chi connectivity index (χ0v) is 16.0. The molecular weight excluding hydrogens is 342 g/mol. The van der Waals surface area contributed by atoms with Crippen molar-refractivity contribution in [2.45, 2.75) is 19.3 Å². The second-order valence-corrected chi connectivity index (χ2v) is 6.32. The monoisotopic (exact) mass is 369 g/mol. The zero-order chi connectivity index (χ0) is 18.9. The van der Waals surface area contributed by atoms with Crippen LogP contribution in [0, 0.1) is 0 Å². The largest absolute Gasteiger partial charge is 0.497 e. The first-order valence-electron chi connectivity index (χ1n) is 9.24. The number of guanidine groups is 1. The number of hydrogen-bond acceptors (Lipinski definition) is 4. The molecule has 0 atom stereocenters. The molecule has 1 aliphatic rings. The van der Waals surface area contributed by atoms with Crippen LogP contribution in [0.5, 0.6) is 17.2 Å². The molecule has 0 aromatic heterocycles. The first-order chi connectivity index (χ1) is 13.3. The second-order valence-electron chi connectivity index (χ2n) is 6.32. The van der Waals surface area contributed by atoms with Crippen LogP contribution in [0.1, 0.15) is 17.5 Å². The van der Waals surface area contributed by atoms with Crippen molar-refractivity contribution in [3.8, 4) is 17.2 Å². The van der Waals surface area contributed by atoms with Gasteiger partial charge in [0.05, 0.1) is 7.11 Å². The molecule has 27 heavy (non-hydrogen) atoms. The van der Waals surface area contributed by atoms with E-state index in [1.54, 1.807) is 14.2 Å². The topological polar surface area (TPSA) is 64.1 Å². The highest BCUT2D eigenvalue weighted by Gasteiger charge is 2.12. The highest BCUT2D eigenvalue weighted by Crippen LogP contribution is 2.32. The molecule has 2 aromatic rings. The van der Waals surface area contributed by atoms with Crippen LogP contribution in [-0.2, 0) is 12.8 Å². The average molecular weight is 369 g/mol. The summed E-state index contributed by atoms with van der Waals surface area (Å²) < 4.78 is 16.0. The van der Waals surface area contributed by atoms with Gasteiger partial charge in [-0.15, -0.1) is 0 Å². The summed E-state index contributed by atoms with van der Waals surface area (Å²) >= 11 is 0. The lowest BCUT2D eigenvalue weighted by atomic mass is 10.1. The molecule has 3 rings (SSSR count). The third-order valence-electron chi connectivity index (χ3n) is 4.44. The van der Waals surface area contributed by atoms with E-state index in [1.807, 2.05) is 24.3 Å². The van der Waals surface area contributed by atoms with Gasteiger partial charge in [0.25, 0.3) is 0 Å². The quantitative estimate of drug-likeness (QED) is 0.426. The van der Waals surface area contributed by atoms with Crippen molar-refractivity contribution < 1.29 is 14.2 Å². The smallest absolute Gasteiger partial charge is 0.231 e. The van der Waals surface area contributed by atoms with E-state index in [9.17, 15) is 0 Å². The van der Waals surface area contributed by atoms with Gasteiger partial charge < -0.3 is 24.8 Å². The fourth-order valence-electron chi connectivity index (χ4n) is 2.97. The Labute approximate surface area is 160 Å². The van der Waals surface area contributed by atoms with Crippen LogP contribution in [0.2, 0.25) is 0 Å². The van der Waals surface area contributed by atoms with Gasteiger partial charge in [-0.3, -0.25) is 4.99 Å². The Morgan fingerprint density at radius 2 is 1.81 bits per heavy atom. The van der Waals surface area contributed by atoms with E-state index in [0.29, 0.717) is 6.79 Å². The fourth-order valence-corrected chi connectivity index (χ4v) is 2.97. The zero-order valence-electron chi connectivity index (χ0n) is 16.0. The van der Waals surface area contributed by atoms with E-state index in [-0.39, 0.29) is 0 Å². The highest BCUT2D eigenvalue weighted by molar-refractivity contribution is 5.79. The fraction of sp³-hybridized carbons (Fsp3) is 0.381. The summed E-state index contributed by atoms with van der Waals surface area (Å²) in [6.07, 6.45) is 2.91. The lowest BCUT2D eigenvalue weighted by molar-refractivity contribution is 0.174. The van der Waals surface area contributed by atoms with Gasteiger partial charge in [-0.1, -0.05) is 18.2 Å². The minimum absolute atomic E-state index is 0.309. The number of aryl methyl sites for hydroxylation is 1. The van der Waals surface area contributed by atoms with Crippen molar-refractivity contribution in [3.05, 3.63) is 53.6 Å². The lowest BCUT2D eigenvalue weighted by Crippen LogP contribution is -2.38. The normalized spacial score (nSPS) is 12.7. The number of ether oxygens (including phenoxy) is 3. The Balaban J connectivity index is 1.35. The molecule has 0 amide bonds. The molecule has 1 heterocycles. The molecule has 0 bridgehead atoms. The van der Waals surface area contributed by atoms with Crippen molar-refractivity contribution in [1.82, 2.24) is 10.6 Å². The Kier molecular flexibility index (Phi) is 6.79. The van der Waals surface area contributed by atoms with E-state index in [2.05, 4.69) is 33.8 Å². The maximum Gasteiger partial charge on any atom is 0.231 e. The number of benzene rings is 2. The van der Waals surface area contributed by atoms with E-state index >= 15 is 0 Å². The van der Waals surface area contributed by atoms with Crippen LogP contribution in [0.3, 0.4) is 0 Å². The van der Waals surface area contributed by atoms with E-state index in [4.69, 9.17) is 14.2 Å². The van der Waals surface area contributed by atoms with Crippen LogP contribution in [-0.4, -0.2) is 40.0 Å². The van der Waals surface area contributed by atoms with Gasteiger partial charge in [0.1, 0.15) is 5.75 Å². The van der Waals surface area contributed by atoms with Gasteiger partial charge in [0, 0.05) is 20.1 Å². The number of aliphatic imine (C=N–C) groups is 1. The minimum Gasteiger partial charge on any atom is -0.497 e. The molecule has 0 unspecified atom stereocenters. The maximum atomic E-state index is 5.42. The Morgan fingerprint density at radius 1 is 1.00 bits per heavy atom. The van der Waals surface area contributed by atoms with Crippen molar-refractivity contribution in [3.63, 3.8) is 0 Å². The molecule has 144 valence electrons. The molecule has 0 radical (unpaired) electrons. The number of nitrogens with one attached hydrogen (secondary N) is 2. The predicted molar refractivity (Wildman–Crippen MR) is 107 cm³/mol. The number of hydrogen-bond donors (Lipinski definition) is 2. The predicted octanol–water partition coefficient (Wildman–Crippen LogP) is 2.76. The number of fused-ring (bicyclic) bond motifs is 1. The van der Waals surface area contributed by atoms with Crippen LogP contribution in [0.15, 0.2) is 47.5 Å². The van der Waals surface area contributed by atoms with E-state index in [1.165, 1.54) is 11.1 Å². The van der Waals surface area contributed by atoms with Gasteiger partial charge >= 0.3 is 0 Å². The minimum atomic E-state index is 0.309. The number of methoxy groups -OCH3 is 1. The van der Waals surface area contributed by atoms with E-state index < -0.39 is 0 Å². The van der Waals surface area contributed by atoms with Gasteiger partial charge in [-0.05, 0) is 54.7 Å². The standard InChI is InChI=1S/C21H27N3O3/c1-22-21(23-11-4-6-16-5-3-7-18(13-16)25-2)24-12-10-17-8-9-19-20(14-17)27-15-26-19/h3,5,7-9,13-14H,4,6,10-12,15H2,1-2H3,(H2,22,23,24). The maximum absolute atomic E-state index is 5.42. The molecule has 0 saturated carbocycles. The molecular formula is C21H27N3O3. The van der Waals surface area contributed by atoms with Crippen LogP contribution in [0.25, 0.3) is 0 Å². The van der Waals surface area contributed by atoms with Crippen molar-refractivity contribution >= 4 is 5.96 Å². The van der Waals surface area contributed by atoms with Gasteiger partial charge in [-0.2, -0.15) is 0 Å². The number of nitrogens with zero attached hydrogens (tertiary/aromatic N) is 1. The third kappa shape index (κ3) is 5.54. The summed E-state index contributed by atoms with van der Waals surface area (Å²) in [5.41, 5.74) is 2.49. The second kappa shape index (κ2) is 9.71. The molecule has 0 aliphatic carbocycles. The summed E-state index contributed by atoms with van der Waals surface area (Å²) in [5.74, 6) is 3.37. The molecule has 0 spiro atoms. The van der Waals surface area contributed by atoms with Gasteiger partial charge in [-0.25, -0.2) is 0 Å². The van der Waals surface area contributed by atoms with Crippen molar-refractivity contribution in [2.24, 2.45) is 4.99 Å². The molecule has 6 nitrogen and oxygen atoms in total. The van der Waals surface area contributed by atoms with Crippen LogP contribution < -0.4 is 24.8 Å². The summed E-state index contributed by atoms with van der Waals surface area (Å²) in [7, 11) is 3.48. The molecule has 0 saturated heterocycles. The first-order valence-corrected chi connectivity index (χ1v) is 9.24. The number of rotatable bonds is 8. The average Bonchev–Trinajstić information content (AvgIpc) is 3.18. The molecule has 6 heteroatoms. The lowest BCUT2D eigenvalue weighted by Gasteiger charge is -2.12. The van der Waals surface area contributed by atoms with Crippen LogP contribution in [0.4, 0.5) is 0 Å². The first kappa shape index (κ1) is 18.9. The van der Waals surface area contributed by atoms with Crippen molar-refractivity contribution in [2.75, 3.05) is 34.0 Å². The summed E-state index contributed by atoms with van der Waals surface area (Å²) in [6.45, 7) is 1.97. The SMILES string of the molecule is CN=C(NCCCc1cccc(OC)c1)NCCc1ccc2c(c1)OCO2. The van der Waals surface area contributed by atoms with Crippen LogP contribution >= 0.6 is 0 Å². The molecule has 0 fully saturated rings. The third-order valence-corrected chi connectivity index (χ3v) is 4.44. The molecule has 1 aliphatic heterocycles. The Morgan fingerprint density at radius 3 is 2.67 bits per heavy atom. The Bertz CT molecular complexity index is 777. The summed E-state index contributed by atoms with van der Waals surface area (Å²) in [4.78, 5) is 4.28. The molecule has 2 aromatic carbocycles. The van der Waals surface area contributed by atoms with Gasteiger partial charge in [0.15, 0.2) is 17.5 Å². The van der Waals surface area contributed by atoms with E-state index in [0.717, 1.165) is 55.6 Å². The summed E-state index contributed by atoms with van der Waals surface area (Å²) in [6, 6.07) is 14.3. The summed E-state index contributed by atoms with van der Waals surface area (Å²) in [5, 5.41) is 6.71.